The molecule has 16 nitrogen and oxygen atoms in total. The van der Waals surface area contributed by atoms with Crippen molar-refractivity contribution in [3.8, 4) is 0 Å². The Kier molecular flexibility index (Phi) is 14.8. The molecule has 3 aliphatic heterocycles. The highest BCUT2D eigenvalue weighted by Gasteiger charge is 2.57. The van der Waals surface area contributed by atoms with E-state index >= 15 is 0 Å². The molecule has 53 heavy (non-hydrogen) atoms. The lowest BCUT2D eigenvalue weighted by molar-refractivity contribution is -0.197. The van der Waals surface area contributed by atoms with Crippen LogP contribution in [0.4, 0.5) is 5.69 Å². The normalized spacial score (nSPS) is 19.4. The highest BCUT2D eigenvalue weighted by molar-refractivity contribution is 6.07. The zero-order valence-electron chi connectivity index (χ0n) is 29.8. The average Bonchev–Trinajstić information content (AvgIpc) is 3.80. The topological polar surface area (TPSA) is 194 Å². The third kappa shape index (κ3) is 10.7. The predicted molar refractivity (Wildman–Crippen MR) is 190 cm³/mol. The van der Waals surface area contributed by atoms with Gasteiger partial charge in [-0.3, -0.25) is 28.9 Å². The molecule has 0 aromatic heterocycles. The van der Waals surface area contributed by atoms with Gasteiger partial charge in [-0.2, -0.15) is 0 Å². The molecule has 2 aromatic rings. The van der Waals surface area contributed by atoms with Crippen LogP contribution in [0, 0.1) is 0 Å². The average molecular weight is 737 g/mol. The second-order valence-electron chi connectivity index (χ2n) is 12.8. The monoisotopic (exact) mass is 736 g/mol. The molecule has 2 saturated heterocycles. The number of carbonyl (C=O) groups is 6. The third-order valence-corrected chi connectivity index (χ3v) is 9.30. The number of benzene rings is 2. The molecule has 0 aliphatic carbocycles. The van der Waals surface area contributed by atoms with Gasteiger partial charge in [0.2, 0.25) is 17.7 Å². The van der Waals surface area contributed by atoms with Crippen molar-refractivity contribution in [3.05, 3.63) is 65.7 Å². The van der Waals surface area contributed by atoms with Gasteiger partial charge in [0.25, 0.3) is 11.8 Å². The lowest BCUT2D eigenvalue weighted by atomic mass is 9.72. The molecule has 16 heteroatoms. The van der Waals surface area contributed by atoms with E-state index in [9.17, 15) is 28.8 Å². The first kappa shape index (κ1) is 39.5. The van der Waals surface area contributed by atoms with Crippen LogP contribution in [0.15, 0.2) is 54.6 Å². The summed E-state index contributed by atoms with van der Waals surface area (Å²) in [6.07, 6.45) is 0.255. The zero-order chi connectivity index (χ0) is 37.5. The number of nitrogens with one attached hydrogen (secondary N) is 4. The summed E-state index contributed by atoms with van der Waals surface area (Å²) >= 11 is 0. The standard InChI is InChI=1S/C37H48N6O10/c44-30(10-13-34(48)53-43-32(46)11-12-33(43)47)39-15-16-40-31(45)26-38-17-20-50-22-24-52-25-23-51-21-19-42-18-14-37(35(42)27-6-2-1-3-7-27)28-8-4-5-9-29(28)41-36(37)49/h1-9,35,38H,10-26H2,(H,39,44)(H,40,45)(H,41,49). The first-order valence-corrected chi connectivity index (χ1v) is 18.0. The van der Waals surface area contributed by atoms with Gasteiger partial charge < -0.3 is 40.3 Å². The Morgan fingerprint density at radius 2 is 1.40 bits per heavy atom. The molecule has 2 atom stereocenters. The van der Waals surface area contributed by atoms with E-state index in [1.54, 1.807) is 0 Å². The molecule has 1 spiro atoms. The maximum Gasteiger partial charge on any atom is 0.333 e. The summed E-state index contributed by atoms with van der Waals surface area (Å²) in [6, 6.07) is 18.1. The van der Waals surface area contributed by atoms with Crippen molar-refractivity contribution in [3.63, 3.8) is 0 Å². The third-order valence-electron chi connectivity index (χ3n) is 9.30. The van der Waals surface area contributed by atoms with E-state index in [1.165, 1.54) is 0 Å². The Labute approximate surface area is 308 Å². The highest BCUT2D eigenvalue weighted by Crippen LogP contribution is 2.54. The van der Waals surface area contributed by atoms with Crippen molar-refractivity contribution in [2.75, 3.05) is 84.2 Å². The number of carbonyl (C=O) groups excluding carboxylic acids is 6. The van der Waals surface area contributed by atoms with Crippen LogP contribution in [-0.2, 0) is 53.2 Å². The molecule has 4 N–H and O–H groups in total. The number of imide groups is 1. The highest BCUT2D eigenvalue weighted by atomic mass is 16.7. The van der Waals surface area contributed by atoms with Gasteiger partial charge in [-0.1, -0.05) is 48.5 Å². The minimum Gasteiger partial charge on any atom is -0.378 e. The first-order chi connectivity index (χ1) is 25.8. The molecule has 5 rings (SSSR count). The fourth-order valence-electron chi connectivity index (χ4n) is 6.77. The molecular weight excluding hydrogens is 688 g/mol. The number of hydroxylamine groups is 2. The van der Waals surface area contributed by atoms with Crippen molar-refractivity contribution in [1.82, 2.24) is 25.9 Å². The Bertz CT molecular complexity index is 1580. The Balaban J connectivity index is 0.838. The van der Waals surface area contributed by atoms with Crippen LogP contribution >= 0.6 is 0 Å². The predicted octanol–water partition coefficient (Wildman–Crippen LogP) is 0.583. The number of para-hydroxylation sites is 1. The number of fused-ring (bicyclic) bond motifs is 2. The maximum absolute atomic E-state index is 13.5. The fraction of sp³-hybridized carbons (Fsp3) is 0.514. The summed E-state index contributed by atoms with van der Waals surface area (Å²) < 4.78 is 17.1. The van der Waals surface area contributed by atoms with E-state index in [-0.39, 0.29) is 63.2 Å². The summed E-state index contributed by atoms with van der Waals surface area (Å²) in [5.74, 6) is -2.64. The van der Waals surface area contributed by atoms with E-state index in [1.807, 2.05) is 36.4 Å². The SMILES string of the molecule is O=C(CCC(=O)ON1C(=O)CCC1=O)NCCNC(=O)CNCCOCCOCCOCCN1CCC2(C(=O)Nc3ccccc32)C1c1ccccc1. The quantitative estimate of drug-likeness (QED) is 0.0973. The summed E-state index contributed by atoms with van der Waals surface area (Å²) in [5, 5.41) is 11.8. The largest absolute Gasteiger partial charge is 0.378 e. The minimum absolute atomic E-state index is 0.00479. The molecule has 0 bridgehead atoms. The van der Waals surface area contributed by atoms with Crippen molar-refractivity contribution < 1.29 is 47.8 Å². The summed E-state index contributed by atoms with van der Waals surface area (Å²) in [7, 11) is 0. The molecule has 0 saturated carbocycles. The van der Waals surface area contributed by atoms with Crippen LogP contribution in [0.2, 0.25) is 0 Å². The van der Waals surface area contributed by atoms with Crippen molar-refractivity contribution >= 4 is 41.2 Å². The number of hydrogen-bond acceptors (Lipinski definition) is 12. The molecule has 0 radical (unpaired) electrons. The van der Waals surface area contributed by atoms with Crippen molar-refractivity contribution in [2.45, 2.75) is 43.6 Å². The molecule has 2 fully saturated rings. The zero-order valence-corrected chi connectivity index (χ0v) is 29.8. The number of likely N-dealkylation sites (tertiary alicyclic amines) is 1. The van der Waals surface area contributed by atoms with E-state index in [0.29, 0.717) is 57.8 Å². The molecule has 3 heterocycles. The van der Waals surface area contributed by atoms with Gasteiger partial charge in [-0.25, -0.2) is 4.79 Å². The number of rotatable bonds is 22. The number of nitrogens with zero attached hydrogens (tertiary/aromatic N) is 2. The lowest BCUT2D eigenvalue weighted by Gasteiger charge is -2.34. The summed E-state index contributed by atoms with van der Waals surface area (Å²) in [5.41, 5.74) is 2.45. The van der Waals surface area contributed by atoms with E-state index < -0.39 is 29.1 Å². The van der Waals surface area contributed by atoms with Crippen LogP contribution in [0.5, 0.6) is 0 Å². The van der Waals surface area contributed by atoms with Gasteiger partial charge in [0.15, 0.2) is 0 Å². The smallest absolute Gasteiger partial charge is 0.333 e. The number of ether oxygens (including phenoxy) is 3. The number of amides is 5. The van der Waals surface area contributed by atoms with Gasteiger partial charge in [-0.05, 0) is 23.6 Å². The minimum atomic E-state index is -0.852. The Hall–Kier alpha value is -4.74. The Morgan fingerprint density at radius 1 is 0.755 bits per heavy atom. The van der Waals surface area contributed by atoms with Gasteiger partial charge in [0, 0.05) is 57.7 Å². The molecule has 2 aromatic carbocycles. The van der Waals surface area contributed by atoms with Crippen molar-refractivity contribution in [2.24, 2.45) is 0 Å². The van der Waals surface area contributed by atoms with E-state index in [0.717, 1.165) is 29.8 Å². The van der Waals surface area contributed by atoms with Crippen LogP contribution in [0.3, 0.4) is 0 Å². The second kappa shape index (κ2) is 19.9. The second-order valence-corrected chi connectivity index (χ2v) is 12.8. The van der Waals surface area contributed by atoms with Crippen LogP contribution in [0.25, 0.3) is 0 Å². The van der Waals surface area contributed by atoms with Crippen LogP contribution in [-0.4, -0.2) is 124 Å². The lowest BCUT2D eigenvalue weighted by Crippen LogP contribution is -2.41. The first-order valence-electron chi connectivity index (χ1n) is 18.0. The molecule has 5 amide bonds. The van der Waals surface area contributed by atoms with Gasteiger partial charge in [0.1, 0.15) is 0 Å². The van der Waals surface area contributed by atoms with E-state index in [2.05, 4.69) is 44.4 Å². The van der Waals surface area contributed by atoms with Gasteiger partial charge >= 0.3 is 5.97 Å². The fourth-order valence-corrected chi connectivity index (χ4v) is 6.77. The van der Waals surface area contributed by atoms with Crippen molar-refractivity contribution in [1.29, 1.82) is 0 Å². The van der Waals surface area contributed by atoms with Crippen LogP contribution < -0.4 is 21.3 Å². The van der Waals surface area contributed by atoms with Crippen LogP contribution in [0.1, 0.15) is 49.3 Å². The maximum atomic E-state index is 13.5. The molecular formula is C37H48N6O10. The Morgan fingerprint density at radius 3 is 2.13 bits per heavy atom. The number of hydrogen-bond donors (Lipinski definition) is 4. The molecule has 2 unspecified atom stereocenters. The summed E-state index contributed by atoms with van der Waals surface area (Å²) in [4.78, 5) is 79.1. The molecule has 3 aliphatic rings. The van der Waals surface area contributed by atoms with Gasteiger partial charge in [-0.15, -0.1) is 5.06 Å². The molecule has 286 valence electrons. The summed E-state index contributed by atoms with van der Waals surface area (Å²) in [6.45, 7) is 4.99. The van der Waals surface area contributed by atoms with Gasteiger partial charge in [0.05, 0.1) is 64.1 Å². The van der Waals surface area contributed by atoms with E-state index in [4.69, 9.17) is 19.0 Å². The number of anilines is 1.